The van der Waals surface area contributed by atoms with E-state index in [2.05, 4.69) is 31.3 Å². The number of unbranched alkanes of at least 4 members (excludes halogenated alkanes) is 30. The van der Waals surface area contributed by atoms with Gasteiger partial charge in [-0.1, -0.05) is 199 Å². The lowest BCUT2D eigenvalue weighted by Gasteiger charge is -2.20. The standard InChI is InChI=1S/C48H91NO5/c1-3-5-7-9-11-13-14-22-26-30-34-38-42-48(53)54-43-39-35-31-27-23-20-18-16-15-17-19-21-25-29-33-37-41-47(52)49-45(44-50)46(51)40-36-32-28-24-12-10-8-6-4-2/h15,17,36,40,45-46,50-51H,3-14,16,18-35,37-39,41-44H2,1-2H3,(H,49,52)/b17-15-,40-36+. The van der Waals surface area contributed by atoms with Crippen LogP contribution < -0.4 is 5.32 Å². The van der Waals surface area contributed by atoms with E-state index in [1.807, 2.05) is 6.08 Å². The Kier molecular flexibility index (Phi) is 42.7. The zero-order valence-electron chi connectivity index (χ0n) is 36.0. The second-order valence-electron chi connectivity index (χ2n) is 16.1. The van der Waals surface area contributed by atoms with E-state index in [1.54, 1.807) is 6.08 Å². The molecule has 0 saturated heterocycles. The van der Waals surface area contributed by atoms with Gasteiger partial charge in [0.25, 0.3) is 0 Å². The molecule has 0 aliphatic carbocycles. The minimum absolute atomic E-state index is 0.00417. The van der Waals surface area contributed by atoms with Gasteiger partial charge in [-0.25, -0.2) is 0 Å². The quantitative estimate of drug-likeness (QED) is 0.0327. The first-order valence-corrected chi connectivity index (χ1v) is 23.6. The molecule has 0 aromatic heterocycles. The van der Waals surface area contributed by atoms with E-state index in [4.69, 9.17) is 4.74 Å². The van der Waals surface area contributed by atoms with Crippen LogP contribution >= 0.6 is 0 Å². The van der Waals surface area contributed by atoms with E-state index < -0.39 is 12.1 Å². The number of esters is 1. The first-order valence-electron chi connectivity index (χ1n) is 23.6. The number of hydrogen-bond acceptors (Lipinski definition) is 5. The van der Waals surface area contributed by atoms with E-state index in [0.717, 1.165) is 64.2 Å². The zero-order valence-corrected chi connectivity index (χ0v) is 36.0. The molecule has 318 valence electrons. The largest absolute Gasteiger partial charge is 0.466 e. The van der Waals surface area contributed by atoms with Crippen molar-refractivity contribution >= 4 is 11.9 Å². The van der Waals surface area contributed by atoms with Crippen molar-refractivity contribution < 1.29 is 24.5 Å². The number of nitrogens with one attached hydrogen (secondary N) is 1. The average Bonchev–Trinajstić information content (AvgIpc) is 3.17. The fraction of sp³-hybridized carbons (Fsp3) is 0.875. The number of aliphatic hydroxyl groups is 2. The zero-order chi connectivity index (χ0) is 39.4. The van der Waals surface area contributed by atoms with Gasteiger partial charge in [0, 0.05) is 12.8 Å². The minimum Gasteiger partial charge on any atom is -0.466 e. The summed E-state index contributed by atoms with van der Waals surface area (Å²) < 4.78 is 5.44. The molecule has 0 aliphatic heterocycles. The Bertz CT molecular complexity index is 843. The van der Waals surface area contributed by atoms with Gasteiger partial charge in [0.15, 0.2) is 0 Å². The maximum Gasteiger partial charge on any atom is 0.305 e. The maximum atomic E-state index is 12.3. The van der Waals surface area contributed by atoms with Gasteiger partial charge in [0.05, 0.1) is 25.4 Å². The van der Waals surface area contributed by atoms with Crippen molar-refractivity contribution in [3.63, 3.8) is 0 Å². The molecule has 6 heteroatoms. The number of aliphatic hydroxyl groups excluding tert-OH is 2. The van der Waals surface area contributed by atoms with Crippen LogP contribution in [0.4, 0.5) is 0 Å². The van der Waals surface area contributed by atoms with Crippen LogP contribution in [-0.2, 0) is 14.3 Å². The Labute approximate surface area is 335 Å². The number of carbonyl (C=O) groups excluding carboxylic acids is 2. The second-order valence-corrected chi connectivity index (χ2v) is 16.1. The van der Waals surface area contributed by atoms with E-state index in [0.29, 0.717) is 19.4 Å². The Morgan fingerprint density at radius 3 is 1.31 bits per heavy atom. The number of hydrogen-bond donors (Lipinski definition) is 3. The van der Waals surface area contributed by atoms with Crippen molar-refractivity contribution in [2.24, 2.45) is 0 Å². The highest BCUT2D eigenvalue weighted by molar-refractivity contribution is 5.76. The van der Waals surface area contributed by atoms with Crippen molar-refractivity contribution in [1.29, 1.82) is 0 Å². The molecule has 0 spiro atoms. The first-order chi connectivity index (χ1) is 26.5. The summed E-state index contributed by atoms with van der Waals surface area (Å²) in [6.07, 6.45) is 50.3. The lowest BCUT2D eigenvalue weighted by atomic mass is 10.0. The highest BCUT2D eigenvalue weighted by Gasteiger charge is 2.18. The molecule has 0 saturated carbocycles. The molecule has 6 nitrogen and oxygen atoms in total. The molecule has 2 atom stereocenters. The third-order valence-electron chi connectivity index (χ3n) is 10.7. The number of ether oxygens (including phenoxy) is 1. The smallest absolute Gasteiger partial charge is 0.305 e. The third-order valence-corrected chi connectivity index (χ3v) is 10.7. The molecule has 0 radical (unpaired) electrons. The van der Waals surface area contributed by atoms with Crippen LogP contribution in [0.5, 0.6) is 0 Å². The molecule has 54 heavy (non-hydrogen) atoms. The van der Waals surface area contributed by atoms with Crippen molar-refractivity contribution in [2.75, 3.05) is 13.2 Å². The van der Waals surface area contributed by atoms with E-state index in [-0.39, 0.29) is 18.5 Å². The predicted octanol–water partition coefficient (Wildman–Crippen LogP) is 13.6. The summed E-state index contributed by atoms with van der Waals surface area (Å²) in [5, 5.41) is 22.8. The fourth-order valence-corrected chi connectivity index (χ4v) is 7.04. The third kappa shape index (κ3) is 40.0. The molecule has 3 N–H and O–H groups in total. The highest BCUT2D eigenvalue weighted by atomic mass is 16.5. The summed E-state index contributed by atoms with van der Waals surface area (Å²) in [4.78, 5) is 24.3. The van der Waals surface area contributed by atoms with Gasteiger partial charge in [-0.3, -0.25) is 9.59 Å². The van der Waals surface area contributed by atoms with Crippen molar-refractivity contribution in [3.05, 3.63) is 24.3 Å². The SMILES string of the molecule is CCCCCCCCC/C=C/C(O)C(CO)NC(=O)CCCCCCC/C=C\CCCCCCCCCOC(=O)CCCCCCCCCCCCCC. The van der Waals surface area contributed by atoms with Crippen molar-refractivity contribution in [2.45, 2.75) is 257 Å². The van der Waals surface area contributed by atoms with Crippen LogP contribution in [0, 0.1) is 0 Å². The van der Waals surface area contributed by atoms with Crippen molar-refractivity contribution in [1.82, 2.24) is 5.32 Å². The van der Waals surface area contributed by atoms with Crippen LogP contribution in [0.15, 0.2) is 24.3 Å². The molecule has 0 aromatic rings. The molecule has 2 unspecified atom stereocenters. The topological polar surface area (TPSA) is 95.9 Å². The van der Waals surface area contributed by atoms with Crippen molar-refractivity contribution in [3.8, 4) is 0 Å². The van der Waals surface area contributed by atoms with Crippen LogP contribution in [0.2, 0.25) is 0 Å². The Morgan fingerprint density at radius 1 is 0.500 bits per heavy atom. The molecular weight excluding hydrogens is 671 g/mol. The van der Waals surface area contributed by atoms with Crippen LogP contribution in [0.25, 0.3) is 0 Å². The number of allylic oxidation sites excluding steroid dienone is 3. The molecule has 0 rings (SSSR count). The van der Waals surface area contributed by atoms with Crippen LogP contribution in [0.3, 0.4) is 0 Å². The van der Waals surface area contributed by atoms with E-state index in [9.17, 15) is 19.8 Å². The summed E-state index contributed by atoms with van der Waals surface area (Å²) in [5.41, 5.74) is 0. The number of carbonyl (C=O) groups is 2. The van der Waals surface area contributed by atoms with Gasteiger partial charge in [-0.05, 0) is 57.8 Å². The van der Waals surface area contributed by atoms with E-state index >= 15 is 0 Å². The van der Waals surface area contributed by atoms with E-state index in [1.165, 1.54) is 154 Å². The Hall–Kier alpha value is -1.66. The van der Waals surface area contributed by atoms with Crippen LogP contribution in [-0.4, -0.2) is 47.4 Å². The molecule has 0 heterocycles. The lowest BCUT2D eigenvalue weighted by molar-refractivity contribution is -0.143. The number of amides is 1. The fourth-order valence-electron chi connectivity index (χ4n) is 7.04. The highest BCUT2D eigenvalue weighted by Crippen LogP contribution is 2.14. The van der Waals surface area contributed by atoms with Gasteiger partial charge in [0.2, 0.25) is 5.91 Å². The predicted molar refractivity (Wildman–Crippen MR) is 232 cm³/mol. The molecule has 0 aromatic carbocycles. The normalized spacial score (nSPS) is 12.9. The average molecular weight is 762 g/mol. The van der Waals surface area contributed by atoms with Gasteiger partial charge in [-0.2, -0.15) is 0 Å². The Morgan fingerprint density at radius 2 is 0.870 bits per heavy atom. The summed E-state index contributed by atoms with van der Waals surface area (Å²) >= 11 is 0. The summed E-state index contributed by atoms with van der Waals surface area (Å²) in [6.45, 7) is 4.84. The molecular formula is C48H91NO5. The van der Waals surface area contributed by atoms with Gasteiger partial charge in [-0.15, -0.1) is 0 Å². The monoisotopic (exact) mass is 762 g/mol. The maximum absolute atomic E-state index is 12.3. The van der Waals surface area contributed by atoms with Crippen LogP contribution in [0.1, 0.15) is 245 Å². The van der Waals surface area contributed by atoms with Gasteiger partial charge in [0.1, 0.15) is 0 Å². The molecule has 1 amide bonds. The summed E-state index contributed by atoms with van der Waals surface area (Å²) in [6, 6.07) is -0.637. The van der Waals surface area contributed by atoms with Gasteiger partial charge < -0.3 is 20.3 Å². The number of rotatable bonds is 43. The molecule has 0 bridgehead atoms. The molecule has 0 fully saturated rings. The molecule has 0 aliphatic rings. The summed E-state index contributed by atoms with van der Waals surface area (Å²) in [7, 11) is 0. The lowest BCUT2D eigenvalue weighted by Crippen LogP contribution is -2.45. The summed E-state index contributed by atoms with van der Waals surface area (Å²) in [5.74, 6) is -0.0927. The second kappa shape index (κ2) is 44.1. The van der Waals surface area contributed by atoms with Gasteiger partial charge >= 0.3 is 5.97 Å². The minimum atomic E-state index is -0.851. The Balaban J connectivity index is 3.48. The first kappa shape index (κ1) is 52.3.